The highest BCUT2D eigenvalue weighted by atomic mass is 35.5. The van der Waals surface area contributed by atoms with Crippen molar-refractivity contribution in [2.24, 2.45) is 0 Å². The predicted octanol–water partition coefficient (Wildman–Crippen LogP) is 0.908. The monoisotopic (exact) mass is 313 g/mol. The normalized spacial score (nSPS) is 20.6. The van der Waals surface area contributed by atoms with Crippen LogP contribution in [0.4, 0.5) is 0 Å². The highest BCUT2D eigenvalue weighted by Gasteiger charge is 2.28. The van der Waals surface area contributed by atoms with Gasteiger partial charge < -0.3 is 5.32 Å². The quantitative estimate of drug-likeness (QED) is 0.881. The van der Waals surface area contributed by atoms with Crippen molar-refractivity contribution in [3.05, 3.63) is 24.5 Å². The Morgan fingerprint density at radius 2 is 2.17 bits per heavy atom. The molecule has 0 saturated carbocycles. The van der Waals surface area contributed by atoms with E-state index in [-0.39, 0.29) is 35.8 Å². The molecule has 1 aromatic rings. The van der Waals surface area contributed by atoms with Gasteiger partial charge >= 0.3 is 0 Å². The van der Waals surface area contributed by atoms with Crippen LogP contribution in [0.5, 0.6) is 0 Å². The van der Waals surface area contributed by atoms with E-state index < -0.39 is 10.0 Å². The molecule has 1 aliphatic rings. The molecular formula is C10H17Cl2N3O2S. The molecule has 1 saturated heterocycles. The molecule has 0 radical (unpaired) electrons. The van der Waals surface area contributed by atoms with Crippen LogP contribution in [-0.4, -0.2) is 43.4 Å². The van der Waals surface area contributed by atoms with Crippen molar-refractivity contribution in [1.29, 1.82) is 0 Å². The molecule has 1 atom stereocenters. The standard InChI is InChI=1S/C10H15N3O2S.2ClH/c1-9-8-13(6-5-12-9)16(14,15)10-3-2-4-11-7-10;;/h2-4,7,9,12H,5-6,8H2,1H3;2*1H/t9-;;/m1../s1. The topological polar surface area (TPSA) is 62.3 Å². The summed E-state index contributed by atoms with van der Waals surface area (Å²) in [4.78, 5) is 4.11. The minimum atomic E-state index is -3.36. The van der Waals surface area contributed by atoms with Crippen LogP contribution in [0, 0.1) is 0 Å². The number of nitrogens with zero attached hydrogens (tertiary/aromatic N) is 2. The fraction of sp³-hybridized carbons (Fsp3) is 0.500. The summed E-state index contributed by atoms with van der Waals surface area (Å²) < 4.78 is 25.9. The Balaban J connectivity index is 0.00000144. The third kappa shape index (κ3) is 3.80. The van der Waals surface area contributed by atoms with Crippen molar-refractivity contribution in [3.8, 4) is 0 Å². The van der Waals surface area contributed by atoms with Gasteiger partial charge in [0.1, 0.15) is 4.90 Å². The zero-order chi connectivity index (χ0) is 11.6. The van der Waals surface area contributed by atoms with Crippen LogP contribution in [0.3, 0.4) is 0 Å². The molecule has 2 rings (SSSR count). The maximum atomic E-state index is 12.2. The number of hydrogen-bond donors (Lipinski definition) is 1. The highest BCUT2D eigenvalue weighted by molar-refractivity contribution is 7.89. The molecule has 0 aromatic carbocycles. The Morgan fingerprint density at radius 3 is 2.72 bits per heavy atom. The molecule has 0 bridgehead atoms. The number of nitrogens with one attached hydrogen (secondary N) is 1. The van der Waals surface area contributed by atoms with E-state index in [2.05, 4.69) is 10.3 Å². The zero-order valence-corrected chi connectivity index (χ0v) is 12.4. The molecule has 8 heteroatoms. The summed E-state index contributed by atoms with van der Waals surface area (Å²) in [5, 5.41) is 3.21. The summed E-state index contributed by atoms with van der Waals surface area (Å²) in [7, 11) is -3.36. The maximum absolute atomic E-state index is 12.2. The van der Waals surface area contributed by atoms with Gasteiger partial charge in [-0.1, -0.05) is 0 Å². The third-order valence-electron chi connectivity index (χ3n) is 2.60. The van der Waals surface area contributed by atoms with Crippen LogP contribution in [-0.2, 0) is 10.0 Å². The Kier molecular flexibility index (Phi) is 7.09. The molecule has 5 nitrogen and oxygen atoms in total. The number of aromatic nitrogens is 1. The number of piperazine rings is 1. The molecule has 0 spiro atoms. The van der Waals surface area contributed by atoms with E-state index in [9.17, 15) is 8.42 Å². The van der Waals surface area contributed by atoms with Gasteiger partial charge in [0.2, 0.25) is 10.0 Å². The first-order valence-corrected chi connectivity index (χ1v) is 6.68. The smallest absolute Gasteiger partial charge is 0.244 e. The van der Waals surface area contributed by atoms with Crippen molar-refractivity contribution < 1.29 is 8.42 Å². The molecule has 1 aliphatic heterocycles. The molecule has 1 fully saturated rings. The van der Waals surface area contributed by atoms with E-state index in [1.165, 1.54) is 10.5 Å². The van der Waals surface area contributed by atoms with E-state index >= 15 is 0 Å². The lowest BCUT2D eigenvalue weighted by molar-refractivity contribution is 0.310. The van der Waals surface area contributed by atoms with Crippen molar-refractivity contribution in [2.45, 2.75) is 17.9 Å². The van der Waals surface area contributed by atoms with Gasteiger partial charge in [0.15, 0.2) is 0 Å². The molecular weight excluding hydrogens is 297 g/mol. The minimum absolute atomic E-state index is 0. The summed E-state index contributed by atoms with van der Waals surface area (Å²) in [6.45, 7) is 3.70. The predicted molar refractivity (Wildman–Crippen MR) is 75.0 cm³/mol. The lowest BCUT2D eigenvalue weighted by atomic mass is 10.3. The molecule has 2 heterocycles. The molecule has 104 valence electrons. The first kappa shape index (κ1) is 17.6. The second-order valence-electron chi connectivity index (χ2n) is 3.91. The van der Waals surface area contributed by atoms with Crippen LogP contribution in [0.1, 0.15) is 6.92 Å². The zero-order valence-electron chi connectivity index (χ0n) is 9.94. The van der Waals surface area contributed by atoms with Crippen LogP contribution in [0.2, 0.25) is 0 Å². The van der Waals surface area contributed by atoms with E-state index in [1.54, 1.807) is 18.3 Å². The van der Waals surface area contributed by atoms with E-state index in [4.69, 9.17) is 0 Å². The van der Waals surface area contributed by atoms with E-state index in [0.29, 0.717) is 19.6 Å². The van der Waals surface area contributed by atoms with E-state index in [0.717, 1.165) is 0 Å². The molecule has 1 N–H and O–H groups in total. The number of rotatable bonds is 2. The van der Waals surface area contributed by atoms with Gasteiger partial charge in [-0.3, -0.25) is 4.98 Å². The first-order chi connectivity index (χ1) is 7.60. The maximum Gasteiger partial charge on any atom is 0.244 e. The third-order valence-corrected chi connectivity index (χ3v) is 4.45. The Hall–Kier alpha value is -0.400. The lowest BCUT2D eigenvalue weighted by Crippen LogP contribution is -2.51. The van der Waals surface area contributed by atoms with Gasteiger partial charge in [-0.25, -0.2) is 8.42 Å². The van der Waals surface area contributed by atoms with Gasteiger partial charge in [0.25, 0.3) is 0 Å². The van der Waals surface area contributed by atoms with Gasteiger partial charge in [0.05, 0.1) is 0 Å². The average molecular weight is 314 g/mol. The fourth-order valence-corrected chi connectivity index (χ4v) is 3.26. The van der Waals surface area contributed by atoms with Crippen molar-refractivity contribution in [3.63, 3.8) is 0 Å². The molecule has 0 amide bonds. The summed E-state index contributed by atoms with van der Waals surface area (Å²) in [6.07, 6.45) is 2.96. The number of hydrogen-bond acceptors (Lipinski definition) is 4. The van der Waals surface area contributed by atoms with Crippen molar-refractivity contribution >= 4 is 34.8 Å². The SMILES string of the molecule is C[C@@H]1CN(S(=O)(=O)c2cccnc2)CCN1.Cl.Cl. The fourth-order valence-electron chi connectivity index (χ4n) is 1.76. The first-order valence-electron chi connectivity index (χ1n) is 5.24. The lowest BCUT2D eigenvalue weighted by Gasteiger charge is -2.30. The Bertz CT molecular complexity index is 455. The van der Waals surface area contributed by atoms with Crippen LogP contribution < -0.4 is 5.32 Å². The number of sulfonamides is 1. The Morgan fingerprint density at radius 1 is 1.44 bits per heavy atom. The largest absolute Gasteiger partial charge is 0.312 e. The van der Waals surface area contributed by atoms with Crippen LogP contribution in [0.15, 0.2) is 29.4 Å². The molecule has 1 aromatic heterocycles. The van der Waals surface area contributed by atoms with Gasteiger partial charge in [-0.2, -0.15) is 4.31 Å². The second kappa shape index (κ2) is 7.25. The molecule has 18 heavy (non-hydrogen) atoms. The van der Waals surface area contributed by atoms with Crippen LogP contribution in [0.25, 0.3) is 0 Å². The second-order valence-corrected chi connectivity index (χ2v) is 5.84. The van der Waals surface area contributed by atoms with Gasteiger partial charge in [-0.15, -0.1) is 24.8 Å². The number of pyridine rings is 1. The van der Waals surface area contributed by atoms with Gasteiger partial charge in [-0.05, 0) is 19.1 Å². The molecule has 0 aliphatic carbocycles. The summed E-state index contributed by atoms with van der Waals surface area (Å²) in [5.74, 6) is 0. The minimum Gasteiger partial charge on any atom is -0.312 e. The Labute approximate surface area is 120 Å². The summed E-state index contributed by atoms with van der Waals surface area (Å²) in [6, 6.07) is 3.41. The summed E-state index contributed by atoms with van der Waals surface area (Å²) in [5.41, 5.74) is 0. The van der Waals surface area contributed by atoms with Crippen molar-refractivity contribution in [1.82, 2.24) is 14.6 Å². The average Bonchev–Trinajstić information content (AvgIpc) is 2.30. The van der Waals surface area contributed by atoms with Gasteiger partial charge in [0, 0.05) is 38.1 Å². The number of halogens is 2. The van der Waals surface area contributed by atoms with Crippen LogP contribution >= 0.6 is 24.8 Å². The highest BCUT2D eigenvalue weighted by Crippen LogP contribution is 2.15. The van der Waals surface area contributed by atoms with E-state index in [1.807, 2.05) is 6.92 Å². The molecule has 0 unspecified atom stereocenters. The summed E-state index contributed by atoms with van der Waals surface area (Å²) >= 11 is 0. The van der Waals surface area contributed by atoms with Crippen molar-refractivity contribution in [2.75, 3.05) is 19.6 Å².